The van der Waals surface area contributed by atoms with Crippen molar-refractivity contribution in [2.24, 2.45) is 0 Å². The zero-order valence-electron chi connectivity index (χ0n) is 18.2. The second-order valence-corrected chi connectivity index (χ2v) is 8.37. The smallest absolute Gasteiger partial charge is 0.0384 e. The molecule has 1 N–H and O–H groups in total. The maximum atomic E-state index is 3.53. The largest absolute Gasteiger partial charge is 0.356 e. The van der Waals surface area contributed by atoms with E-state index in [4.69, 9.17) is 0 Å². The van der Waals surface area contributed by atoms with Gasteiger partial charge in [0.05, 0.1) is 0 Å². The lowest BCUT2D eigenvalue weighted by atomic mass is 9.98. The third kappa shape index (κ3) is 3.86. The van der Waals surface area contributed by atoms with Crippen LogP contribution in [0.2, 0.25) is 0 Å². The van der Waals surface area contributed by atoms with Crippen LogP contribution in [0.25, 0.3) is 43.8 Å². The number of benzene rings is 6. The Morgan fingerprint density at radius 1 is 0.364 bits per heavy atom. The van der Waals surface area contributed by atoms with E-state index in [0.29, 0.717) is 0 Å². The Balaban J connectivity index is 1.22. The maximum Gasteiger partial charge on any atom is 0.0384 e. The summed E-state index contributed by atoms with van der Waals surface area (Å²) in [7, 11) is 0. The highest BCUT2D eigenvalue weighted by molar-refractivity contribution is 5.96. The number of fused-ring (bicyclic) bond motifs is 2. The zero-order valence-corrected chi connectivity index (χ0v) is 18.2. The molecule has 0 saturated carbocycles. The minimum absolute atomic E-state index is 1.08. The molecule has 0 radical (unpaired) electrons. The van der Waals surface area contributed by atoms with Crippen LogP contribution in [0.15, 0.2) is 133 Å². The van der Waals surface area contributed by atoms with Gasteiger partial charge in [0.15, 0.2) is 0 Å². The van der Waals surface area contributed by atoms with Crippen LogP contribution in [0, 0.1) is 0 Å². The second-order valence-electron chi connectivity index (χ2n) is 8.37. The van der Waals surface area contributed by atoms with Crippen molar-refractivity contribution in [2.75, 3.05) is 5.32 Å². The van der Waals surface area contributed by atoms with Crippen LogP contribution in [-0.4, -0.2) is 0 Å². The lowest BCUT2D eigenvalue weighted by Gasteiger charge is -2.11. The molecule has 0 fully saturated rings. The normalized spacial score (nSPS) is 11.0. The van der Waals surface area contributed by atoms with Gasteiger partial charge in [-0.2, -0.15) is 0 Å². The first-order valence-electron chi connectivity index (χ1n) is 11.3. The SMILES string of the molecule is c1ccc2cc(-c3ccc(Nc4ccc(-c5cccc6ccccc56)cc4)cc3)ccc2c1. The lowest BCUT2D eigenvalue weighted by Crippen LogP contribution is -1.90. The Hall–Kier alpha value is -4.36. The van der Waals surface area contributed by atoms with Crippen molar-refractivity contribution >= 4 is 32.9 Å². The Morgan fingerprint density at radius 2 is 0.939 bits per heavy atom. The molecule has 6 rings (SSSR count). The molecule has 0 amide bonds. The molecule has 0 heterocycles. The van der Waals surface area contributed by atoms with Gasteiger partial charge in [0.25, 0.3) is 0 Å². The van der Waals surface area contributed by atoms with Gasteiger partial charge < -0.3 is 5.32 Å². The van der Waals surface area contributed by atoms with Crippen molar-refractivity contribution in [3.8, 4) is 22.3 Å². The van der Waals surface area contributed by atoms with E-state index in [0.717, 1.165) is 11.4 Å². The molecule has 33 heavy (non-hydrogen) atoms. The minimum Gasteiger partial charge on any atom is -0.356 e. The van der Waals surface area contributed by atoms with Gasteiger partial charge in [-0.3, -0.25) is 0 Å². The van der Waals surface area contributed by atoms with E-state index in [9.17, 15) is 0 Å². The molecular formula is C32H23N. The van der Waals surface area contributed by atoms with Crippen LogP contribution in [0.1, 0.15) is 0 Å². The van der Waals surface area contributed by atoms with Crippen LogP contribution < -0.4 is 5.32 Å². The van der Waals surface area contributed by atoms with Gasteiger partial charge in [-0.25, -0.2) is 0 Å². The molecule has 1 heteroatoms. The predicted octanol–water partition coefficient (Wildman–Crippen LogP) is 9.07. The first-order valence-corrected chi connectivity index (χ1v) is 11.3. The molecule has 156 valence electrons. The minimum atomic E-state index is 1.08. The molecular weight excluding hydrogens is 398 g/mol. The Labute approximate surface area is 194 Å². The third-order valence-corrected chi connectivity index (χ3v) is 6.24. The Bertz CT molecular complexity index is 1560. The van der Waals surface area contributed by atoms with Gasteiger partial charge in [-0.1, -0.05) is 103 Å². The third-order valence-electron chi connectivity index (χ3n) is 6.24. The van der Waals surface area contributed by atoms with E-state index >= 15 is 0 Å². The molecule has 1 nitrogen and oxygen atoms in total. The van der Waals surface area contributed by atoms with Crippen LogP contribution in [0.3, 0.4) is 0 Å². The Morgan fingerprint density at radius 3 is 1.70 bits per heavy atom. The Kier molecular flexibility index (Phi) is 4.86. The summed E-state index contributed by atoms with van der Waals surface area (Å²) in [5.41, 5.74) is 7.11. The van der Waals surface area contributed by atoms with Crippen LogP contribution >= 0.6 is 0 Å². The second kappa shape index (κ2) is 8.29. The monoisotopic (exact) mass is 421 g/mol. The molecule has 6 aromatic rings. The molecule has 0 bridgehead atoms. The fourth-order valence-electron chi connectivity index (χ4n) is 4.49. The van der Waals surface area contributed by atoms with E-state index in [1.54, 1.807) is 0 Å². The predicted molar refractivity (Wildman–Crippen MR) is 142 cm³/mol. The molecule has 0 spiro atoms. The highest BCUT2D eigenvalue weighted by atomic mass is 14.9. The van der Waals surface area contributed by atoms with Crippen LogP contribution in [0.4, 0.5) is 11.4 Å². The number of anilines is 2. The van der Waals surface area contributed by atoms with Crippen LogP contribution in [0.5, 0.6) is 0 Å². The summed E-state index contributed by atoms with van der Waals surface area (Å²) in [5.74, 6) is 0. The summed E-state index contributed by atoms with van der Waals surface area (Å²) in [5, 5.41) is 8.61. The van der Waals surface area contributed by atoms with Crippen LogP contribution in [-0.2, 0) is 0 Å². The summed E-state index contributed by atoms with van der Waals surface area (Å²) in [6.07, 6.45) is 0. The summed E-state index contributed by atoms with van der Waals surface area (Å²) >= 11 is 0. The first kappa shape index (κ1) is 19.3. The van der Waals surface area contributed by atoms with E-state index < -0.39 is 0 Å². The molecule has 0 atom stereocenters. The van der Waals surface area contributed by atoms with E-state index in [1.807, 2.05) is 0 Å². The first-order chi connectivity index (χ1) is 16.3. The number of rotatable bonds is 4. The van der Waals surface area contributed by atoms with E-state index in [-0.39, 0.29) is 0 Å². The van der Waals surface area contributed by atoms with Crippen molar-refractivity contribution < 1.29 is 0 Å². The van der Waals surface area contributed by atoms with Gasteiger partial charge in [0.2, 0.25) is 0 Å². The lowest BCUT2D eigenvalue weighted by molar-refractivity contribution is 1.54. The quantitative estimate of drug-likeness (QED) is 0.299. The molecule has 0 aliphatic heterocycles. The molecule has 0 saturated heterocycles. The highest BCUT2D eigenvalue weighted by Crippen LogP contribution is 2.30. The number of hydrogen-bond acceptors (Lipinski definition) is 1. The standard InChI is InChI=1S/C32H23N/c1-2-8-27-22-28(13-12-23(27)6-1)24-14-18-29(19-15-24)33-30-20-16-26(17-21-30)32-11-5-9-25-7-3-4-10-31(25)32/h1-22,33H. The van der Waals surface area contributed by atoms with Crippen molar-refractivity contribution in [2.45, 2.75) is 0 Å². The van der Waals surface area contributed by atoms with Gasteiger partial charge in [0, 0.05) is 11.4 Å². The molecule has 0 aliphatic rings. The summed E-state index contributed by atoms with van der Waals surface area (Å²) in [6.45, 7) is 0. The zero-order chi connectivity index (χ0) is 22.0. The fourth-order valence-corrected chi connectivity index (χ4v) is 4.49. The fraction of sp³-hybridized carbons (Fsp3) is 0. The maximum absolute atomic E-state index is 3.53. The molecule has 0 unspecified atom stereocenters. The average Bonchev–Trinajstić information content (AvgIpc) is 2.89. The number of hydrogen-bond donors (Lipinski definition) is 1. The molecule has 0 aromatic heterocycles. The van der Waals surface area contributed by atoms with Gasteiger partial charge in [-0.05, 0) is 74.1 Å². The van der Waals surface area contributed by atoms with Gasteiger partial charge in [-0.15, -0.1) is 0 Å². The van der Waals surface area contributed by atoms with Crippen molar-refractivity contribution in [1.82, 2.24) is 0 Å². The van der Waals surface area contributed by atoms with E-state index in [2.05, 4.69) is 139 Å². The molecule has 0 aliphatic carbocycles. The summed E-state index contributed by atoms with van der Waals surface area (Å²) in [6, 6.07) is 47.4. The number of nitrogens with one attached hydrogen (secondary N) is 1. The summed E-state index contributed by atoms with van der Waals surface area (Å²) < 4.78 is 0. The van der Waals surface area contributed by atoms with Crippen molar-refractivity contribution in [3.05, 3.63) is 133 Å². The highest BCUT2D eigenvalue weighted by Gasteiger charge is 2.04. The topological polar surface area (TPSA) is 12.0 Å². The molecule has 6 aromatic carbocycles. The van der Waals surface area contributed by atoms with Gasteiger partial charge >= 0.3 is 0 Å². The van der Waals surface area contributed by atoms with E-state index in [1.165, 1.54) is 43.8 Å². The van der Waals surface area contributed by atoms with Crippen molar-refractivity contribution in [1.29, 1.82) is 0 Å². The average molecular weight is 422 g/mol. The van der Waals surface area contributed by atoms with Crippen molar-refractivity contribution in [3.63, 3.8) is 0 Å². The summed E-state index contributed by atoms with van der Waals surface area (Å²) in [4.78, 5) is 0. The van der Waals surface area contributed by atoms with Gasteiger partial charge in [0.1, 0.15) is 0 Å².